The van der Waals surface area contributed by atoms with Gasteiger partial charge in [-0.3, -0.25) is 15.0 Å². The van der Waals surface area contributed by atoms with Crippen molar-refractivity contribution in [1.82, 2.24) is 20.2 Å². The standard InChI is InChI=1S/C17H21N5O3/c1-11-9-21(10-13-8-18-3-5-25-13)16-14(11)6-12(7-19-16)22-4-2-15(23)20-17(22)24/h6-7,9,13,18H,2-5,8,10H2,1H3,(H,20,23,24)/t13-/m0/s1. The van der Waals surface area contributed by atoms with Crippen molar-refractivity contribution in [2.45, 2.75) is 26.0 Å². The third-order valence-electron chi connectivity index (χ3n) is 4.67. The lowest BCUT2D eigenvalue weighted by Gasteiger charge is -2.26. The summed E-state index contributed by atoms with van der Waals surface area (Å²) in [6, 6.07) is 1.57. The SMILES string of the molecule is Cc1cn(C[C@@H]2CNCCO2)c2ncc(N3CCC(=O)NC3=O)cc12. The zero-order valence-electron chi connectivity index (χ0n) is 14.1. The first-order valence-corrected chi connectivity index (χ1v) is 8.51. The molecule has 132 valence electrons. The second-order valence-electron chi connectivity index (χ2n) is 6.48. The van der Waals surface area contributed by atoms with Crippen LogP contribution in [0.15, 0.2) is 18.5 Å². The van der Waals surface area contributed by atoms with Crippen LogP contribution in [-0.4, -0.2) is 53.8 Å². The van der Waals surface area contributed by atoms with Gasteiger partial charge in [-0.1, -0.05) is 0 Å². The van der Waals surface area contributed by atoms with Crippen molar-refractivity contribution in [3.63, 3.8) is 0 Å². The van der Waals surface area contributed by atoms with E-state index in [4.69, 9.17) is 4.74 Å². The number of fused-ring (bicyclic) bond motifs is 1. The van der Waals surface area contributed by atoms with Crippen molar-refractivity contribution < 1.29 is 14.3 Å². The fourth-order valence-electron chi connectivity index (χ4n) is 3.38. The highest BCUT2D eigenvalue weighted by Gasteiger charge is 2.25. The molecule has 2 N–H and O–H groups in total. The number of pyridine rings is 1. The number of carbonyl (C=O) groups excluding carboxylic acids is 2. The van der Waals surface area contributed by atoms with E-state index in [0.29, 0.717) is 18.7 Å². The molecule has 1 atom stereocenters. The van der Waals surface area contributed by atoms with Gasteiger partial charge in [0.15, 0.2) is 0 Å². The van der Waals surface area contributed by atoms with Crippen molar-refractivity contribution in [3.8, 4) is 0 Å². The van der Waals surface area contributed by atoms with Gasteiger partial charge in [0.25, 0.3) is 0 Å². The normalized spacial score (nSPS) is 21.6. The van der Waals surface area contributed by atoms with Crippen LogP contribution in [0.2, 0.25) is 0 Å². The minimum Gasteiger partial charge on any atom is -0.374 e. The lowest BCUT2D eigenvalue weighted by atomic mass is 10.2. The second-order valence-corrected chi connectivity index (χ2v) is 6.48. The second kappa shape index (κ2) is 6.45. The molecule has 2 aromatic rings. The molecule has 2 aliphatic rings. The third-order valence-corrected chi connectivity index (χ3v) is 4.67. The summed E-state index contributed by atoms with van der Waals surface area (Å²) < 4.78 is 7.88. The zero-order valence-corrected chi connectivity index (χ0v) is 14.1. The lowest BCUT2D eigenvalue weighted by molar-refractivity contribution is -0.120. The molecular weight excluding hydrogens is 322 g/mol. The topological polar surface area (TPSA) is 88.5 Å². The molecule has 8 heteroatoms. The van der Waals surface area contributed by atoms with Crippen molar-refractivity contribution >= 4 is 28.7 Å². The Morgan fingerprint density at radius 1 is 1.40 bits per heavy atom. The van der Waals surface area contributed by atoms with E-state index in [1.54, 1.807) is 11.1 Å². The maximum Gasteiger partial charge on any atom is 0.328 e. The van der Waals surface area contributed by atoms with Gasteiger partial charge >= 0.3 is 6.03 Å². The van der Waals surface area contributed by atoms with Gasteiger partial charge in [-0.2, -0.15) is 0 Å². The first-order chi connectivity index (χ1) is 12.1. The van der Waals surface area contributed by atoms with Gasteiger partial charge in [0.1, 0.15) is 5.65 Å². The predicted molar refractivity (Wildman–Crippen MR) is 92.6 cm³/mol. The molecule has 0 bridgehead atoms. The van der Waals surface area contributed by atoms with Gasteiger partial charge in [-0.15, -0.1) is 0 Å². The van der Waals surface area contributed by atoms with Crippen LogP contribution in [0.25, 0.3) is 11.0 Å². The lowest BCUT2D eigenvalue weighted by Crippen LogP contribution is -2.49. The monoisotopic (exact) mass is 343 g/mol. The Morgan fingerprint density at radius 3 is 3.04 bits per heavy atom. The van der Waals surface area contributed by atoms with Crippen molar-refractivity contribution in [2.24, 2.45) is 0 Å². The maximum absolute atomic E-state index is 12.0. The van der Waals surface area contributed by atoms with E-state index in [-0.39, 0.29) is 12.0 Å². The summed E-state index contributed by atoms with van der Waals surface area (Å²) in [5.74, 6) is -0.237. The highest BCUT2D eigenvalue weighted by molar-refractivity contribution is 6.06. The number of imide groups is 1. The Hall–Kier alpha value is -2.45. The molecule has 2 saturated heterocycles. The minimum absolute atomic E-state index is 0.129. The van der Waals surface area contributed by atoms with Crippen LogP contribution in [0.3, 0.4) is 0 Å². The summed E-state index contributed by atoms with van der Waals surface area (Å²) in [5.41, 5.74) is 2.68. The molecule has 0 aliphatic carbocycles. The summed E-state index contributed by atoms with van der Waals surface area (Å²) >= 11 is 0. The van der Waals surface area contributed by atoms with Gasteiger partial charge in [0.2, 0.25) is 5.91 Å². The number of rotatable bonds is 3. The third kappa shape index (κ3) is 3.10. The van der Waals surface area contributed by atoms with Gasteiger partial charge in [-0.25, -0.2) is 9.78 Å². The molecule has 25 heavy (non-hydrogen) atoms. The van der Waals surface area contributed by atoms with E-state index in [1.165, 1.54) is 0 Å². The van der Waals surface area contributed by atoms with E-state index in [9.17, 15) is 9.59 Å². The fraction of sp³-hybridized carbons (Fsp3) is 0.471. The molecule has 0 saturated carbocycles. The van der Waals surface area contributed by atoms with Crippen molar-refractivity contribution in [3.05, 3.63) is 24.0 Å². The number of anilines is 1. The zero-order chi connectivity index (χ0) is 17.4. The van der Waals surface area contributed by atoms with E-state index < -0.39 is 6.03 Å². The summed E-state index contributed by atoms with van der Waals surface area (Å²) in [5, 5.41) is 6.68. The molecule has 2 aromatic heterocycles. The van der Waals surface area contributed by atoms with Gasteiger partial charge in [-0.05, 0) is 18.6 Å². The fourth-order valence-corrected chi connectivity index (χ4v) is 3.38. The van der Waals surface area contributed by atoms with E-state index in [1.807, 2.05) is 13.0 Å². The Bertz CT molecular complexity index is 825. The Balaban J connectivity index is 1.62. The number of nitrogens with zero attached hydrogens (tertiary/aromatic N) is 3. The molecule has 4 rings (SSSR count). The predicted octanol–water partition coefficient (Wildman–Crippen LogP) is 0.779. The van der Waals surface area contributed by atoms with Crippen molar-refractivity contribution in [1.29, 1.82) is 0 Å². The summed E-state index contributed by atoms with van der Waals surface area (Å²) in [4.78, 5) is 29.5. The maximum atomic E-state index is 12.0. The van der Waals surface area contributed by atoms with Crippen LogP contribution >= 0.6 is 0 Å². The first-order valence-electron chi connectivity index (χ1n) is 8.51. The molecule has 4 heterocycles. The average Bonchev–Trinajstić information content (AvgIpc) is 2.91. The smallest absolute Gasteiger partial charge is 0.328 e. The number of ether oxygens (including phenoxy) is 1. The molecule has 0 unspecified atom stereocenters. The molecule has 0 spiro atoms. The van der Waals surface area contributed by atoms with Crippen LogP contribution < -0.4 is 15.5 Å². The molecule has 0 aromatic carbocycles. The number of urea groups is 1. The molecule has 0 radical (unpaired) electrons. The van der Waals surface area contributed by atoms with Crippen LogP contribution in [0, 0.1) is 6.92 Å². The molecule has 2 aliphatic heterocycles. The highest BCUT2D eigenvalue weighted by Crippen LogP contribution is 2.26. The highest BCUT2D eigenvalue weighted by atomic mass is 16.5. The number of morpholine rings is 1. The van der Waals surface area contributed by atoms with Crippen molar-refractivity contribution in [2.75, 3.05) is 31.1 Å². The number of aryl methyl sites for hydroxylation is 1. The largest absolute Gasteiger partial charge is 0.374 e. The number of nitrogens with one attached hydrogen (secondary N) is 2. The first kappa shape index (κ1) is 16.0. The average molecular weight is 343 g/mol. The number of hydrogen-bond acceptors (Lipinski definition) is 5. The van der Waals surface area contributed by atoms with E-state index >= 15 is 0 Å². The Kier molecular flexibility index (Phi) is 4.14. The Labute approximate surface area is 145 Å². The summed E-state index contributed by atoms with van der Waals surface area (Å²) in [6.45, 7) is 5.59. The molecular formula is C17H21N5O3. The van der Waals surface area contributed by atoms with Gasteiger partial charge in [0, 0.05) is 37.6 Å². The summed E-state index contributed by atoms with van der Waals surface area (Å²) in [6.07, 6.45) is 4.19. The quantitative estimate of drug-likeness (QED) is 0.860. The van der Waals surface area contributed by atoms with E-state index in [2.05, 4.69) is 26.4 Å². The van der Waals surface area contributed by atoms with Crippen LogP contribution in [0.1, 0.15) is 12.0 Å². The van der Waals surface area contributed by atoms with Gasteiger partial charge in [0.05, 0.1) is 31.1 Å². The molecule has 2 fully saturated rings. The number of carbonyl (C=O) groups is 2. The van der Waals surface area contributed by atoms with Crippen LogP contribution in [0.5, 0.6) is 0 Å². The number of hydrogen-bond donors (Lipinski definition) is 2. The van der Waals surface area contributed by atoms with E-state index in [0.717, 1.165) is 42.8 Å². The Morgan fingerprint density at radius 2 is 2.28 bits per heavy atom. The van der Waals surface area contributed by atoms with Gasteiger partial charge < -0.3 is 14.6 Å². The summed E-state index contributed by atoms with van der Waals surface area (Å²) in [7, 11) is 0. The van der Waals surface area contributed by atoms with Crippen LogP contribution in [0.4, 0.5) is 10.5 Å². The molecule has 3 amide bonds. The van der Waals surface area contributed by atoms with Crippen LogP contribution in [-0.2, 0) is 16.1 Å². The number of amides is 3. The molecule has 8 nitrogen and oxygen atoms in total. The number of aromatic nitrogens is 2. The minimum atomic E-state index is -0.392.